The van der Waals surface area contributed by atoms with Gasteiger partial charge in [0.25, 0.3) is 10.2 Å². The van der Waals surface area contributed by atoms with Crippen LogP contribution in [-0.4, -0.2) is 49.8 Å². The Hall–Kier alpha value is -0.170. The molecule has 1 aliphatic rings. The summed E-state index contributed by atoms with van der Waals surface area (Å²) in [5.41, 5.74) is 5.57. The van der Waals surface area contributed by atoms with Crippen molar-refractivity contribution in [2.45, 2.75) is 19.9 Å². The zero-order chi connectivity index (χ0) is 10.9. The summed E-state index contributed by atoms with van der Waals surface area (Å²) in [6, 6.07) is -0.00296. The first-order valence-electron chi connectivity index (χ1n) is 4.82. The highest BCUT2D eigenvalue weighted by atomic mass is 32.2. The summed E-state index contributed by atoms with van der Waals surface area (Å²) in [4.78, 5) is 0. The summed E-state index contributed by atoms with van der Waals surface area (Å²) in [7, 11) is -1.63. The molecular weight excluding hydrogens is 202 g/mol. The van der Waals surface area contributed by atoms with Gasteiger partial charge < -0.3 is 5.73 Å². The average Bonchev–Trinajstić information content (AvgIpc) is 2.08. The predicted molar refractivity (Wildman–Crippen MR) is 55.9 cm³/mol. The first-order chi connectivity index (χ1) is 6.39. The number of nitrogens with zero attached hydrogens (tertiary/aromatic N) is 2. The van der Waals surface area contributed by atoms with Crippen molar-refractivity contribution in [2.75, 3.05) is 26.7 Å². The summed E-state index contributed by atoms with van der Waals surface area (Å²) in [6.45, 7) is 5.36. The predicted octanol–water partition coefficient (Wildman–Crippen LogP) is -0.538. The first kappa shape index (κ1) is 11.9. The van der Waals surface area contributed by atoms with Crippen LogP contribution in [0.15, 0.2) is 0 Å². The molecule has 0 radical (unpaired) electrons. The third-order valence-electron chi connectivity index (χ3n) is 2.55. The van der Waals surface area contributed by atoms with E-state index in [1.807, 2.05) is 13.8 Å². The smallest absolute Gasteiger partial charge is 0.281 e. The van der Waals surface area contributed by atoms with Crippen LogP contribution in [-0.2, 0) is 10.2 Å². The molecule has 0 aromatic carbocycles. The maximum Gasteiger partial charge on any atom is 0.281 e. The van der Waals surface area contributed by atoms with Crippen LogP contribution in [0.1, 0.15) is 13.8 Å². The molecule has 1 atom stereocenters. The molecule has 0 saturated carbocycles. The Balaban J connectivity index is 2.90. The molecule has 1 fully saturated rings. The summed E-state index contributed by atoms with van der Waals surface area (Å²) < 4.78 is 26.5. The third-order valence-corrected chi connectivity index (χ3v) is 4.65. The molecule has 0 spiro atoms. The molecule has 0 amide bonds. The Kier molecular flexibility index (Phi) is 3.52. The second-order valence-corrected chi connectivity index (χ2v) is 6.04. The van der Waals surface area contributed by atoms with Gasteiger partial charge in [-0.05, 0) is 26.3 Å². The largest absolute Gasteiger partial charge is 0.330 e. The lowest BCUT2D eigenvalue weighted by molar-refractivity contribution is 0.220. The second kappa shape index (κ2) is 4.14. The minimum atomic E-state index is -3.23. The van der Waals surface area contributed by atoms with E-state index in [4.69, 9.17) is 5.73 Å². The minimum absolute atomic E-state index is 0.00296. The van der Waals surface area contributed by atoms with Crippen molar-refractivity contribution in [3.8, 4) is 0 Å². The van der Waals surface area contributed by atoms with Crippen LogP contribution in [0.5, 0.6) is 0 Å². The molecule has 5 nitrogen and oxygen atoms in total. The quantitative estimate of drug-likeness (QED) is 0.681. The van der Waals surface area contributed by atoms with Gasteiger partial charge >= 0.3 is 0 Å². The second-order valence-electron chi connectivity index (χ2n) is 4.05. The molecular formula is C8H19N3O2S. The van der Waals surface area contributed by atoms with E-state index in [2.05, 4.69) is 0 Å². The van der Waals surface area contributed by atoms with Gasteiger partial charge in [0.05, 0.1) is 0 Å². The zero-order valence-electron chi connectivity index (χ0n) is 8.97. The highest BCUT2D eigenvalue weighted by Gasteiger charge is 2.36. The monoisotopic (exact) mass is 221 g/mol. The van der Waals surface area contributed by atoms with Gasteiger partial charge in [-0.3, -0.25) is 0 Å². The van der Waals surface area contributed by atoms with Gasteiger partial charge in [-0.2, -0.15) is 17.0 Å². The molecule has 84 valence electrons. The Bertz CT molecular complexity index is 289. The van der Waals surface area contributed by atoms with Crippen molar-refractivity contribution in [3.05, 3.63) is 0 Å². The van der Waals surface area contributed by atoms with E-state index in [0.717, 1.165) is 0 Å². The molecule has 14 heavy (non-hydrogen) atoms. The maximum atomic E-state index is 11.8. The Morgan fingerprint density at radius 1 is 1.43 bits per heavy atom. The highest BCUT2D eigenvalue weighted by Crippen LogP contribution is 2.20. The molecule has 0 aliphatic carbocycles. The topological polar surface area (TPSA) is 66.6 Å². The van der Waals surface area contributed by atoms with E-state index in [9.17, 15) is 8.42 Å². The van der Waals surface area contributed by atoms with Crippen molar-refractivity contribution in [1.82, 2.24) is 8.61 Å². The third kappa shape index (κ3) is 2.08. The molecule has 1 rings (SSSR count). The summed E-state index contributed by atoms with van der Waals surface area (Å²) in [5.74, 6) is 0.242. The van der Waals surface area contributed by atoms with Gasteiger partial charge in [-0.1, -0.05) is 0 Å². The van der Waals surface area contributed by atoms with Crippen molar-refractivity contribution in [2.24, 2.45) is 11.7 Å². The average molecular weight is 221 g/mol. The first-order valence-corrected chi connectivity index (χ1v) is 6.22. The van der Waals surface area contributed by atoms with Crippen molar-refractivity contribution in [1.29, 1.82) is 0 Å². The zero-order valence-corrected chi connectivity index (χ0v) is 9.79. The van der Waals surface area contributed by atoms with Gasteiger partial charge in [0.2, 0.25) is 0 Å². The summed E-state index contributed by atoms with van der Waals surface area (Å²) >= 11 is 0. The van der Waals surface area contributed by atoms with E-state index in [-0.39, 0.29) is 12.0 Å². The Morgan fingerprint density at radius 2 is 2.00 bits per heavy atom. The number of hydrogen-bond donors (Lipinski definition) is 1. The fourth-order valence-corrected chi connectivity index (χ4v) is 3.36. The number of hydrogen-bond acceptors (Lipinski definition) is 3. The maximum absolute atomic E-state index is 11.8. The van der Waals surface area contributed by atoms with Crippen molar-refractivity contribution < 1.29 is 8.42 Å². The van der Waals surface area contributed by atoms with Crippen LogP contribution in [0.3, 0.4) is 0 Å². The van der Waals surface area contributed by atoms with Gasteiger partial charge in [-0.15, -0.1) is 0 Å². The van der Waals surface area contributed by atoms with Crippen LogP contribution in [0.4, 0.5) is 0 Å². The van der Waals surface area contributed by atoms with Crippen LogP contribution >= 0.6 is 0 Å². The molecule has 1 unspecified atom stereocenters. The lowest BCUT2D eigenvalue weighted by Gasteiger charge is -2.38. The fourth-order valence-electron chi connectivity index (χ4n) is 1.67. The van der Waals surface area contributed by atoms with Gasteiger partial charge in [-0.25, -0.2) is 0 Å². The molecule has 2 N–H and O–H groups in total. The van der Waals surface area contributed by atoms with E-state index in [1.54, 1.807) is 7.05 Å². The molecule has 0 bridgehead atoms. The molecule has 0 aromatic rings. The van der Waals surface area contributed by atoms with Gasteiger partial charge in [0.15, 0.2) is 0 Å². The number of rotatable bonds is 2. The standard InChI is InChI=1S/C8H19N3O2S/c1-7(2)11-6-8(4-9)5-10(3)14(11,12)13/h7-8H,4-6,9H2,1-3H3. The van der Waals surface area contributed by atoms with Crippen molar-refractivity contribution >= 4 is 10.2 Å². The van der Waals surface area contributed by atoms with Crippen LogP contribution < -0.4 is 5.73 Å². The normalized spacial score (nSPS) is 29.6. The molecule has 6 heteroatoms. The molecule has 1 aliphatic heterocycles. The highest BCUT2D eigenvalue weighted by molar-refractivity contribution is 7.86. The van der Waals surface area contributed by atoms with Gasteiger partial charge in [0, 0.05) is 26.2 Å². The Labute approximate surface area is 86.0 Å². The number of nitrogens with two attached hydrogens (primary N) is 1. The lowest BCUT2D eigenvalue weighted by Crippen LogP contribution is -2.55. The molecule has 1 saturated heterocycles. The van der Waals surface area contributed by atoms with Crippen LogP contribution in [0.25, 0.3) is 0 Å². The fraction of sp³-hybridized carbons (Fsp3) is 1.00. The minimum Gasteiger partial charge on any atom is -0.330 e. The van der Waals surface area contributed by atoms with Crippen LogP contribution in [0, 0.1) is 5.92 Å². The van der Waals surface area contributed by atoms with E-state index in [1.165, 1.54) is 8.61 Å². The van der Waals surface area contributed by atoms with Crippen molar-refractivity contribution in [3.63, 3.8) is 0 Å². The SMILES string of the molecule is CC(C)N1CC(CN)CN(C)S1(=O)=O. The summed E-state index contributed by atoms with van der Waals surface area (Å²) in [6.07, 6.45) is 0. The van der Waals surface area contributed by atoms with E-state index >= 15 is 0 Å². The van der Waals surface area contributed by atoms with Gasteiger partial charge in [0.1, 0.15) is 0 Å². The Morgan fingerprint density at radius 3 is 2.43 bits per heavy atom. The van der Waals surface area contributed by atoms with E-state index in [0.29, 0.717) is 19.6 Å². The lowest BCUT2D eigenvalue weighted by atomic mass is 10.1. The van der Waals surface area contributed by atoms with Crippen LogP contribution in [0.2, 0.25) is 0 Å². The van der Waals surface area contributed by atoms with E-state index < -0.39 is 10.2 Å². The molecule has 0 aromatic heterocycles. The molecule has 1 heterocycles. The summed E-state index contributed by atoms with van der Waals surface area (Å²) in [5, 5.41) is 0.